The molecule has 6 rings (SSSR count). The number of allylic oxidation sites excluding steroid dienone is 2. The van der Waals surface area contributed by atoms with Crippen molar-refractivity contribution in [3.63, 3.8) is 0 Å². The first-order valence-corrected chi connectivity index (χ1v) is 11.4. The summed E-state index contributed by atoms with van der Waals surface area (Å²) in [6, 6.07) is 17.3. The molecule has 164 valence electrons. The molecule has 1 saturated carbocycles. The molecule has 0 aromatic heterocycles. The van der Waals surface area contributed by atoms with Crippen molar-refractivity contribution in [2.45, 2.75) is 19.8 Å². The molecule has 0 amide bonds. The molecule has 1 aliphatic carbocycles. The van der Waals surface area contributed by atoms with E-state index >= 15 is 0 Å². The van der Waals surface area contributed by atoms with Gasteiger partial charge in [-0.3, -0.25) is 0 Å². The molecule has 3 heterocycles. The first kappa shape index (κ1) is 19.9. The van der Waals surface area contributed by atoms with Gasteiger partial charge >= 0.3 is 0 Å². The van der Waals surface area contributed by atoms with Crippen molar-refractivity contribution in [3.05, 3.63) is 83.1 Å². The number of hydrogen-bond donors (Lipinski definition) is 0. The van der Waals surface area contributed by atoms with Crippen LogP contribution in [0.5, 0.6) is 0 Å². The lowest BCUT2D eigenvalue weighted by atomic mass is 10.0. The maximum Gasteiger partial charge on any atom is 0.239 e. The van der Waals surface area contributed by atoms with E-state index in [4.69, 9.17) is 9.98 Å². The van der Waals surface area contributed by atoms with Crippen LogP contribution < -0.4 is 4.90 Å². The zero-order valence-corrected chi connectivity index (χ0v) is 19.3. The molecule has 4 aliphatic rings. The predicted octanol–water partition coefficient (Wildman–Crippen LogP) is 4.92. The van der Waals surface area contributed by atoms with E-state index in [9.17, 15) is 0 Å². The van der Waals surface area contributed by atoms with Gasteiger partial charge in [-0.2, -0.15) is 0 Å². The number of nitrogens with zero attached hydrogens (tertiary/aromatic N) is 6. The number of guanidine groups is 2. The van der Waals surface area contributed by atoms with Crippen LogP contribution in [0.3, 0.4) is 0 Å². The minimum absolute atomic E-state index is 0.593. The van der Waals surface area contributed by atoms with E-state index < -0.39 is 0 Å². The summed E-state index contributed by atoms with van der Waals surface area (Å²) < 4.78 is 0. The summed E-state index contributed by atoms with van der Waals surface area (Å²) in [6.07, 6.45) is 5.72. The number of anilines is 1. The third-order valence-electron chi connectivity index (χ3n) is 7.11. The molecule has 0 saturated heterocycles. The number of hydrogen-bond acceptors (Lipinski definition) is 6. The average Bonchev–Trinajstić information content (AvgIpc) is 3.44. The van der Waals surface area contributed by atoms with Crippen LogP contribution in [0.4, 0.5) is 5.69 Å². The molecule has 0 N–H and O–H groups in total. The molecule has 6 heteroatoms. The highest BCUT2D eigenvalue weighted by molar-refractivity contribution is 6.22. The Hall–Kier alpha value is -3.80. The summed E-state index contributed by atoms with van der Waals surface area (Å²) in [7, 11) is 4.08. The zero-order valence-electron chi connectivity index (χ0n) is 19.3. The van der Waals surface area contributed by atoms with Crippen molar-refractivity contribution in [1.82, 2.24) is 4.90 Å². The molecule has 33 heavy (non-hydrogen) atoms. The van der Waals surface area contributed by atoms with Gasteiger partial charge in [0.25, 0.3) is 0 Å². The second kappa shape index (κ2) is 7.37. The molecule has 0 radical (unpaired) electrons. The number of rotatable bonds is 4. The van der Waals surface area contributed by atoms with Gasteiger partial charge in [-0.15, -0.1) is 0 Å². The largest absolute Gasteiger partial charge is 0.378 e. The van der Waals surface area contributed by atoms with Crippen LogP contribution in [0.25, 0.3) is 5.70 Å². The van der Waals surface area contributed by atoms with Crippen molar-refractivity contribution in [1.29, 1.82) is 0 Å². The lowest BCUT2D eigenvalue weighted by molar-refractivity contribution is 0.738. The van der Waals surface area contributed by atoms with Crippen LogP contribution in [0.15, 0.2) is 86.3 Å². The van der Waals surface area contributed by atoms with Gasteiger partial charge in [0.1, 0.15) is 6.34 Å². The summed E-state index contributed by atoms with van der Waals surface area (Å²) >= 11 is 0. The van der Waals surface area contributed by atoms with Crippen molar-refractivity contribution < 1.29 is 0 Å². The van der Waals surface area contributed by atoms with E-state index in [1.54, 1.807) is 0 Å². The summed E-state index contributed by atoms with van der Waals surface area (Å²) in [5.41, 5.74) is 7.46. The van der Waals surface area contributed by atoms with Crippen LogP contribution in [0.1, 0.15) is 36.5 Å². The van der Waals surface area contributed by atoms with Crippen LogP contribution in [0, 0.1) is 11.8 Å². The quantitative estimate of drug-likeness (QED) is 0.686. The van der Waals surface area contributed by atoms with Crippen LogP contribution in [0.2, 0.25) is 0 Å². The first-order chi connectivity index (χ1) is 16.0. The van der Waals surface area contributed by atoms with E-state index in [2.05, 4.69) is 89.4 Å². The second-order valence-electron chi connectivity index (χ2n) is 9.32. The molecule has 2 aromatic rings. The van der Waals surface area contributed by atoms with Gasteiger partial charge in [-0.25, -0.2) is 24.9 Å². The van der Waals surface area contributed by atoms with E-state index in [0.29, 0.717) is 17.8 Å². The van der Waals surface area contributed by atoms with Crippen molar-refractivity contribution in [2.24, 2.45) is 31.8 Å². The zero-order chi connectivity index (χ0) is 22.7. The highest BCUT2D eigenvalue weighted by Gasteiger charge is 2.43. The maximum atomic E-state index is 4.81. The topological polar surface area (TPSA) is 55.9 Å². The van der Waals surface area contributed by atoms with Gasteiger partial charge in [-0.05, 0) is 47.6 Å². The van der Waals surface area contributed by atoms with Gasteiger partial charge in [0.15, 0.2) is 0 Å². The number of benzene rings is 2. The molecule has 1 fully saturated rings. The standard InChI is InChI=1S/C27H26N6/c1-16-17(2)25(16)20-7-5-18(6-8-20)23-13-22-14-24(19-9-11-21(12-10-19)32(3)4)31-27-29-15-28-26(30-23)33(22)27/h5-17,25H,1-4H3. The highest BCUT2D eigenvalue weighted by Crippen LogP contribution is 2.53. The van der Waals surface area contributed by atoms with E-state index in [0.717, 1.165) is 45.8 Å². The predicted molar refractivity (Wildman–Crippen MR) is 136 cm³/mol. The molecular weight excluding hydrogens is 408 g/mol. The summed E-state index contributed by atoms with van der Waals surface area (Å²) in [5, 5.41) is 0. The van der Waals surface area contributed by atoms with Crippen molar-refractivity contribution >= 4 is 35.4 Å². The fraction of sp³-hybridized carbons (Fsp3) is 0.259. The van der Waals surface area contributed by atoms with Crippen molar-refractivity contribution in [3.8, 4) is 0 Å². The Morgan fingerprint density at radius 2 is 1.48 bits per heavy atom. The Bertz CT molecular complexity index is 1300. The first-order valence-electron chi connectivity index (χ1n) is 11.4. The maximum absolute atomic E-state index is 4.81. The third kappa shape index (κ3) is 3.33. The molecule has 0 bridgehead atoms. The molecule has 6 nitrogen and oxygen atoms in total. The minimum Gasteiger partial charge on any atom is -0.378 e. The van der Waals surface area contributed by atoms with E-state index in [1.165, 1.54) is 11.9 Å². The lowest BCUT2D eigenvalue weighted by Gasteiger charge is -2.31. The Morgan fingerprint density at radius 1 is 0.788 bits per heavy atom. The fourth-order valence-corrected chi connectivity index (χ4v) is 4.83. The normalized spacial score (nSPS) is 24.8. The van der Waals surface area contributed by atoms with Gasteiger partial charge in [0.2, 0.25) is 11.9 Å². The monoisotopic (exact) mass is 434 g/mol. The van der Waals surface area contributed by atoms with Crippen LogP contribution >= 0.6 is 0 Å². The third-order valence-corrected chi connectivity index (χ3v) is 7.11. The summed E-state index contributed by atoms with van der Waals surface area (Å²) in [5.74, 6) is 3.41. The molecule has 0 spiro atoms. The van der Waals surface area contributed by atoms with Gasteiger partial charge in [0, 0.05) is 30.9 Å². The minimum atomic E-state index is 0.593. The summed E-state index contributed by atoms with van der Waals surface area (Å²) in [4.78, 5) is 22.4. The smallest absolute Gasteiger partial charge is 0.239 e. The highest BCUT2D eigenvalue weighted by atomic mass is 15.4. The molecule has 3 aliphatic heterocycles. The average molecular weight is 435 g/mol. The Kier molecular flexibility index (Phi) is 4.43. The lowest BCUT2D eigenvalue weighted by Crippen LogP contribution is -2.40. The van der Waals surface area contributed by atoms with E-state index in [-0.39, 0.29) is 0 Å². The second-order valence-corrected chi connectivity index (χ2v) is 9.32. The van der Waals surface area contributed by atoms with E-state index in [1.807, 2.05) is 19.0 Å². The molecule has 2 aromatic carbocycles. The fourth-order valence-electron chi connectivity index (χ4n) is 4.83. The molecule has 2 atom stereocenters. The van der Waals surface area contributed by atoms with Gasteiger partial charge in [0.05, 0.1) is 17.1 Å². The van der Waals surface area contributed by atoms with Crippen LogP contribution in [-0.4, -0.2) is 43.0 Å². The van der Waals surface area contributed by atoms with Crippen molar-refractivity contribution in [2.75, 3.05) is 19.0 Å². The summed E-state index contributed by atoms with van der Waals surface area (Å²) in [6.45, 7) is 4.66. The van der Waals surface area contributed by atoms with Gasteiger partial charge in [-0.1, -0.05) is 50.2 Å². The Labute approximate surface area is 194 Å². The molecular formula is C27H26N6. The Balaban J connectivity index is 1.36. The molecule has 2 unspecified atom stereocenters. The SMILES string of the molecule is CC1C(C)C1c1ccc(C2=CC3=CC(c4ccc(N(C)C)cc4)=NC4=NC=NC(=N2)N34)cc1. The Morgan fingerprint density at radius 3 is 2.15 bits per heavy atom. The number of aliphatic imine (C=N–C) groups is 4. The van der Waals surface area contributed by atoms with Gasteiger partial charge < -0.3 is 4.90 Å². The van der Waals surface area contributed by atoms with Crippen LogP contribution in [-0.2, 0) is 0 Å².